The molecule has 0 unspecified atom stereocenters. The van der Waals surface area contributed by atoms with Gasteiger partial charge in [0.2, 0.25) is 0 Å². The molecule has 4 heteroatoms. The Morgan fingerprint density at radius 1 is 1.62 bits per heavy atom. The number of fused-ring (bicyclic) bond motifs is 1. The Bertz CT molecular complexity index is 504. The van der Waals surface area contributed by atoms with Crippen LogP contribution in [0.2, 0.25) is 0 Å². The summed E-state index contributed by atoms with van der Waals surface area (Å²) >= 11 is 0. The Hall–Kier alpha value is -2.02. The minimum atomic E-state index is 0.467. The average Bonchev–Trinajstić information content (AvgIpc) is 2.51. The molecule has 2 heterocycles. The Morgan fingerprint density at radius 3 is 3.08 bits per heavy atom. The molecule has 0 fully saturated rings. The number of hydrogen-bond acceptors (Lipinski definition) is 3. The number of nitriles is 1. The maximum Gasteiger partial charge on any atom is 0.132 e. The van der Waals surface area contributed by atoms with Crippen molar-refractivity contribution in [2.45, 2.75) is 0 Å². The van der Waals surface area contributed by atoms with Gasteiger partial charge in [-0.1, -0.05) is 0 Å². The van der Waals surface area contributed by atoms with Crippen molar-refractivity contribution >= 4 is 16.7 Å². The highest BCUT2D eigenvalue weighted by Gasteiger charge is 2.07. The molecule has 0 bridgehead atoms. The van der Waals surface area contributed by atoms with Gasteiger partial charge < -0.3 is 10.3 Å². The quantitative estimate of drug-likeness (QED) is 0.645. The Morgan fingerprint density at radius 2 is 2.38 bits per heavy atom. The maximum absolute atomic E-state index is 8.83. The van der Waals surface area contributed by atoms with Crippen molar-refractivity contribution < 1.29 is 0 Å². The predicted molar refractivity (Wildman–Crippen MR) is 49.8 cm³/mol. The third-order valence-electron chi connectivity index (χ3n) is 2.06. The lowest BCUT2D eigenvalue weighted by molar-refractivity contribution is 0.966. The Balaban J connectivity index is 2.99. The van der Waals surface area contributed by atoms with Crippen LogP contribution in [-0.2, 0) is 7.05 Å². The van der Waals surface area contributed by atoms with Crippen LogP contribution in [-0.4, -0.2) is 9.55 Å². The number of rotatable bonds is 0. The van der Waals surface area contributed by atoms with E-state index in [9.17, 15) is 0 Å². The van der Waals surface area contributed by atoms with Crippen molar-refractivity contribution in [1.29, 1.82) is 5.26 Å². The zero-order chi connectivity index (χ0) is 9.42. The van der Waals surface area contributed by atoms with E-state index >= 15 is 0 Å². The van der Waals surface area contributed by atoms with Gasteiger partial charge in [0.1, 0.15) is 11.9 Å². The van der Waals surface area contributed by atoms with E-state index in [4.69, 9.17) is 11.0 Å². The lowest BCUT2D eigenvalue weighted by Crippen LogP contribution is -1.94. The number of hydrogen-bond donors (Lipinski definition) is 1. The maximum atomic E-state index is 8.83. The van der Waals surface area contributed by atoms with Crippen LogP contribution in [0.4, 0.5) is 5.82 Å². The van der Waals surface area contributed by atoms with E-state index in [1.807, 2.05) is 23.9 Å². The summed E-state index contributed by atoms with van der Waals surface area (Å²) in [7, 11) is 1.88. The lowest BCUT2D eigenvalue weighted by atomic mass is 10.2. The number of pyridine rings is 1. The normalized spacial score (nSPS) is 10.2. The monoisotopic (exact) mass is 172 g/mol. The fourth-order valence-corrected chi connectivity index (χ4v) is 1.42. The van der Waals surface area contributed by atoms with Gasteiger partial charge in [0.05, 0.1) is 11.1 Å². The molecule has 64 valence electrons. The minimum Gasteiger partial charge on any atom is -0.383 e. The van der Waals surface area contributed by atoms with Crippen LogP contribution in [0.25, 0.3) is 10.9 Å². The molecule has 0 aliphatic carbocycles. The second kappa shape index (κ2) is 2.49. The highest BCUT2D eigenvalue weighted by molar-refractivity contribution is 5.92. The summed E-state index contributed by atoms with van der Waals surface area (Å²) in [5, 5.41) is 9.66. The van der Waals surface area contributed by atoms with Crippen molar-refractivity contribution in [3.8, 4) is 6.07 Å². The molecule has 0 atom stereocenters. The molecular formula is C9H8N4. The molecule has 2 aromatic heterocycles. The predicted octanol–water partition coefficient (Wildman–Crippen LogP) is 1.03. The molecule has 0 amide bonds. The first kappa shape index (κ1) is 7.62. The van der Waals surface area contributed by atoms with E-state index in [1.165, 1.54) is 6.20 Å². The summed E-state index contributed by atoms with van der Waals surface area (Å²) < 4.78 is 1.87. The topological polar surface area (TPSA) is 67.6 Å². The van der Waals surface area contributed by atoms with E-state index in [0.717, 1.165) is 10.9 Å². The molecule has 0 aliphatic heterocycles. The summed E-state index contributed by atoms with van der Waals surface area (Å²) in [4.78, 5) is 3.93. The average molecular weight is 172 g/mol. The number of anilines is 1. The third kappa shape index (κ3) is 0.942. The highest BCUT2D eigenvalue weighted by atomic mass is 14.9. The molecule has 0 radical (unpaired) electrons. The third-order valence-corrected chi connectivity index (χ3v) is 2.06. The summed E-state index contributed by atoms with van der Waals surface area (Å²) in [6.45, 7) is 0. The van der Waals surface area contributed by atoms with Crippen molar-refractivity contribution in [1.82, 2.24) is 9.55 Å². The zero-order valence-corrected chi connectivity index (χ0v) is 7.15. The van der Waals surface area contributed by atoms with Crippen molar-refractivity contribution in [3.05, 3.63) is 24.0 Å². The molecule has 0 spiro atoms. The second-order valence-electron chi connectivity index (χ2n) is 2.86. The standard InChI is InChI=1S/C9H8N4/c1-13-3-2-7-8(13)6(4-10)5-12-9(7)11/h2-3,5H,1H3,(H2,11,12). The van der Waals surface area contributed by atoms with Crippen LogP contribution in [0.15, 0.2) is 18.5 Å². The van der Waals surface area contributed by atoms with Gasteiger partial charge in [0.25, 0.3) is 0 Å². The largest absolute Gasteiger partial charge is 0.383 e. The lowest BCUT2D eigenvalue weighted by Gasteiger charge is -1.99. The van der Waals surface area contributed by atoms with Gasteiger partial charge >= 0.3 is 0 Å². The second-order valence-corrected chi connectivity index (χ2v) is 2.86. The highest BCUT2D eigenvalue weighted by Crippen LogP contribution is 2.22. The van der Waals surface area contributed by atoms with Crippen LogP contribution in [0.5, 0.6) is 0 Å². The molecule has 0 saturated carbocycles. The van der Waals surface area contributed by atoms with E-state index in [2.05, 4.69) is 11.1 Å². The van der Waals surface area contributed by atoms with Gasteiger partial charge in [-0.3, -0.25) is 0 Å². The van der Waals surface area contributed by atoms with Gasteiger partial charge in [-0.15, -0.1) is 0 Å². The SMILES string of the molecule is Cn1ccc2c(N)ncc(C#N)c21. The summed E-state index contributed by atoms with van der Waals surface area (Å²) in [5.41, 5.74) is 7.05. The summed E-state index contributed by atoms with van der Waals surface area (Å²) in [6.07, 6.45) is 3.36. The zero-order valence-electron chi connectivity index (χ0n) is 7.15. The Labute approximate surface area is 75.2 Å². The number of nitrogens with zero attached hydrogens (tertiary/aromatic N) is 3. The van der Waals surface area contributed by atoms with Gasteiger partial charge in [-0.25, -0.2) is 4.98 Å². The fraction of sp³-hybridized carbons (Fsp3) is 0.111. The molecule has 0 saturated heterocycles. The van der Waals surface area contributed by atoms with Gasteiger partial charge in [-0.2, -0.15) is 5.26 Å². The van der Waals surface area contributed by atoms with Crippen LogP contribution in [0, 0.1) is 11.3 Å². The first-order valence-corrected chi connectivity index (χ1v) is 3.83. The van der Waals surface area contributed by atoms with Crippen molar-refractivity contribution in [2.75, 3.05) is 5.73 Å². The van der Waals surface area contributed by atoms with Crippen LogP contribution in [0.3, 0.4) is 0 Å². The van der Waals surface area contributed by atoms with Crippen LogP contribution in [0.1, 0.15) is 5.56 Å². The Kier molecular flexibility index (Phi) is 1.46. The summed E-state index contributed by atoms with van der Waals surface area (Å²) in [6, 6.07) is 3.94. The molecule has 4 nitrogen and oxygen atoms in total. The van der Waals surface area contributed by atoms with E-state index < -0.39 is 0 Å². The number of aromatic nitrogens is 2. The number of aryl methyl sites for hydroxylation is 1. The molecule has 0 aliphatic rings. The first-order chi connectivity index (χ1) is 6.24. The van der Waals surface area contributed by atoms with Crippen molar-refractivity contribution in [2.24, 2.45) is 7.05 Å². The number of nitrogens with two attached hydrogens (primary N) is 1. The first-order valence-electron chi connectivity index (χ1n) is 3.83. The van der Waals surface area contributed by atoms with Gasteiger partial charge in [-0.05, 0) is 6.07 Å². The van der Waals surface area contributed by atoms with E-state index in [-0.39, 0.29) is 0 Å². The van der Waals surface area contributed by atoms with E-state index in [1.54, 1.807) is 0 Å². The van der Waals surface area contributed by atoms with Crippen LogP contribution >= 0.6 is 0 Å². The molecular weight excluding hydrogens is 164 g/mol. The van der Waals surface area contributed by atoms with E-state index in [0.29, 0.717) is 11.4 Å². The van der Waals surface area contributed by atoms with Crippen LogP contribution < -0.4 is 5.73 Å². The summed E-state index contributed by atoms with van der Waals surface area (Å²) in [5.74, 6) is 0.467. The molecule has 2 rings (SSSR count). The van der Waals surface area contributed by atoms with Gasteiger partial charge in [0.15, 0.2) is 0 Å². The van der Waals surface area contributed by atoms with Gasteiger partial charge in [0, 0.05) is 24.8 Å². The number of nitrogen functional groups attached to an aromatic ring is 1. The fourth-order valence-electron chi connectivity index (χ4n) is 1.42. The van der Waals surface area contributed by atoms with Crippen molar-refractivity contribution in [3.63, 3.8) is 0 Å². The molecule has 0 aromatic carbocycles. The molecule has 2 aromatic rings. The molecule has 13 heavy (non-hydrogen) atoms. The smallest absolute Gasteiger partial charge is 0.132 e. The minimum absolute atomic E-state index is 0.467. The molecule has 2 N–H and O–H groups in total.